The van der Waals surface area contributed by atoms with Crippen LogP contribution in [0.2, 0.25) is 0 Å². The van der Waals surface area contributed by atoms with Gasteiger partial charge in [-0.3, -0.25) is 4.79 Å². The van der Waals surface area contributed by atoms with Crippen molar-refractivity contribution in [3.63, 3.8) is 0 Å². The Kier molecular flexibility index (Phi) is 4.41. The number of terminal acetylenes is 1. The molecular formula is C16H10N2OS. The van der Waals surface area contributed by atoms with E-state index < -0.39 is 0 Å². The fraction of sp³-hybridized carbons (Fsp3) is 0. The maximum absolute atomic E-state index is 12.1. The minimum atomic E-state index is -0.211. The number of nitrogens with one attached hydrogen (secondary N) is 1. The van der Waals surface area contributed by atoms with E-state index in [1.807, 2.05) is 0 Å². The lowest BCUT2D eigenvalue weighted by Crippen LogP contribution is -2.11. The van der Waals surface area contributed by atoms with Crippen molar-refractivity contribution in [2.45, 2.75) is 0 Å². The molecule has 0 aliphatic rings. The predicted molar refractivity (Wildman–Crippen MR) is 83.5 cm³/mol. The van der Waals surface area contributed by atoms with Crippen LogP contribution in [-0.2, 0) is 0 Å². The molecular weight excluding hydrogens is 268 g/mol. The maximum Gasteiger partial charge on any atom is 0.255 e. The summed E-state index contributed by atoms with van der Waals surface area (Å²) in [6.45, 7) is 0. The third-order valence-corrected chi connectivity index (χ3v) is 2.68. The van der Waals surface area contributed by atoms with Crippen LogP contribution >= 0.6 is 12.2 Å². The zero-order valence-electron chi connectivity index (χ0n) is 10.5. The van der Waals surface area contributed by atoms with Gasteiger partial charge < -0.3 is 5.32 Å². The lowest BCUT2D eigenvalue weighted by Gasteiger charge is -2.05. The second-order valence-electron chi connectivity index (χ2n) is 3.93. The van der Waals surface area contributed by atoms with Crippen LogP contribution in [0.25, 0.3) is 0 Å². The minimum Gasteiger partial charge on any atom is -0.322 e. The molecule has 0 fully saturated rings. The molecule has 20 heavy (non-hydrogen) atoms. The normalized spacial score (nSPS) is 9.15. The van der Waals surface area contributed by atoms with Crippen molar-refractivity contribution in [2.24, 2.45) is 4.99 Å². The second kappa shape index (κ2) is 6.44. The number of anilines is 1. The Morgan fingerprint density at radius 1 is 1.20 bits per heavy atom. The van der Waals surface area contributed by atoms with E-state index in [1.165, 1.54) is 0 Å². The Balaban J connectivity index is 2.15. The molecule has 4 heteroatoms. The predicted octanol–water partition coefficient (Wildman–Crippen LogP) is 3.65. The van der Waals surface area contributed by atoms with Crippen LogP contribution in [0.1, 0.15) is 15.9 Å². The van der Waals surface area contributed by atoms with Gasteiger partial charge in [-0.25, -0.2) is 0 Å². The zero-order chi connectivity index (χ0) is 14.4. The first-order valence-electron chi connectivity index (χ1n) is 5.79. The summed E-state index contributed by atoms with van der Waals surface area (Å²) in [5.41, 5.74) is 2.56. The van der Waals surface area contributed by atoms with Crippen LogP contribution in [-0.4, -0.2) is 11.1 Å². The summed E-state index contributed by atoms with van der Waals surface area (Å²) in [4.78, 5) is 15.9. The minimum absolute atomic E-state index is 0.211. The summed E-state index contributed by atoms with van der Waals surface area (Å²) in [6, 6.07) is 13.9. The Bertz CT molecular complexity index is 723. The van der Waals surface area contributed by atoms with Gasteiger partial charge in [-0.05, 0) is 54.7 Å². The van der Waals surface area contributed by atoms with Crippen LogP contribution < -0.4 is 5.32 Å². The number of rotatable bonds is 3. The highest BCUT2D eigenvalue weighted by Gasteiger charge is 2.06. The summed E-state index contributed by atoms with van der Waals surface area (Å²) in [7, 11) is 0. The molecule has 0 heterocycles. The molecule has 0 unspecified atom stereocenters. The molecule has 0 radical (unpaired) electrons. The number of aliphatic imine (C=N–C) groups is 1. The SMILES string of the molecule is C#Cc1cccc(NC(=O)c2ccc(N=C=S)cc2)c1. The van der Waals surface area contributed by atoms with E-state index in [4.69, 9.17) is 6.42 Å². The number of isothiocyanates is 1. The van der Waals surface area contributed by atoms with Crippen LogP contribution in [0.3, 0.4) is 0 Å². The quantitative estimate of drug-likeness (QED) is 0.529. The first kappa shape index (κ1) is 13.7. The molecule has 0 spiro atoms. The molecule has 1 N–H and O–H groups in total. The largest absolute Gasteiger partial charge is 0.322 e. The molecule has 2 aromatic rings. The Hall–Kier alpha value is -2.73. The molecule has 0 aromatic heterocycles. The molecule has 2 rings (SSSR count). The van der Waals surface area contributed by atoms with Crippen molar-refractivity contribution in [2.75, 3.05) is 5.32 Å². The van der Waals surface area contributed by atoms with Gasteiger partial charge in [0, 0.05) is 16.8 Å². The summed E-state index contributed by atoms with van der Waals surface area (Å²) < 4.78 is 0. The van der Waals surface area contributed by atoms with Crippen molar-refractivity contribution < 1.29 is 4.79 Å². The van der Waals surface area contributed by atoms with Crippen molar-refractivity contribution in [1.29, 1.82) is 0 Å². The van der Waals surface area contributed by atoms with E-state index in [0.29, 0.717) is 22.5 Å². The Morgan fingerprint density at radius 2 is 1.95 bits per heavy atom. The summed E-state index contributed by atoms with van der Waals surface area (Å²) in [5.74, 6) is 2.31. The van der Waals surface area contributed by atoms with E-state index in [9.17, 15) is 4.79 Å². The molecule has 3 nitrogen and oxygen atoms in total. The van der Waals surface area contributed by atoms with E-state index >= 15 is 0 Å². The van der Waals surface area contributed by atoms with Gasteiger partial charge in [0.15, 0.2) is 0 Å². The van der Waals surface area contributed by atoms with Crippen molar-refractivity contribution in [3.8, 4) is 12.3 Å². The van der Waals surface area contributed by atoms with Crippen LogP contribution in [0.15, 0.2) is 53.5 Å². The van der Waals surface area contributed by atoms with Crippen LogP contribution in [0.4, 0.5) is 11.4 Å². The van der Waals surface area contributed by atoms with Gasteiger partial charge in [-0.1, -0.05) is 12.0 Å². The van der Waals surface area contributed by atoms with Gasteiger partial charge in [-0.15, -0.1) is 6.42 Å². The number of thiocarbonyl (C=S) groups is 1. The Labute approximate surface area is 122 Å². The van der Waals surface area contributed by atoms with E-state index in [0.717, 1.165) is 0 Å². The number of carbonyl (C=O) groups excluding carboxylic acids is 1. The lowest BCUT2D eigenvalue weighted by atomic mass is 10.1. The molecule has 0 saturated heterocycles. The van der Waals surface area contributed by atoms with E-state index in [-0.39, 0.29) is 5.91 Å². The second-order valence-corrected chi connectivity index (χ2v) is 4.11. The molecule has 0 aliphatic heterocycles. The number of carbonyl (C=O) groups is 1. The first-order valence-corrected chi connectivity index (χ1v) is 6.20. The van der Waals surface area contributed by atoms with Gasteiger partial charge in [0.25, 0.3) is 5.91 Å². The molecule has 0 atom stereocenters. The van der Waals surface area contributed by atoms with E-state index in [1.54, 1.807) is 48.5 Å². The molecule has 0 aliphatic carbocycles. The molecule has 0 bridgehead atoms. The number of amides is 1. The number of benzene rings is 2. The smallest absolute Gasteiger partial charge is 0.255 e. The zero-order valence-corrected chi connectivity index (χ0v) is 11.3. The Morgan fingerprint density at radius 3 is 2.60 bits per heavy atom. The third-order valence-electron chi connectivity index (χ3n) is 2.59. The van der Waals surface area contributed by atoms with Crippen molar-refractivity contribution in [3.05, 3.63) is 59.7 Å². The van der Waals surface area contributed by atoms with Gasteiger partial charge in [0.05, 0.1) is 10.8 Å². The average molecular weight is 278 g/mol. The molecule has 2 aromatic carbocycles. The number of hydrogen-bond donors (Lipinski definition) is 1. The molecule has 96 valence electrons. The summed E-state index contributed by atoms with van der Waals surface area (Å²) >= 11 is 4.52. The highest BCUT2D eigenvalue weighted by molar-refractivity contribution is 7.78. The number of hydrogen-bond acceptors (Lipinski definition) is 3. The summed E-state index contributed by atoms with van der Waals surface area (Å²) in [6.07, 6.45) is 5.32. The van der Waals surface area contributed by atoms with Gasteiger partial charge in [0.1, 0.15) is 0 Å². The van der Waals surface area contributed by atoms with Gasteiger partial charge in [0.2, 0.25) is 0 Å². The highest BCUT2D eigenvalue weighted by atomic mass is 32.1. The van der Waals surface area contributed by atoms with Gasteiger partial charge >= 0.3 is 0 Å². The molecule has 0 saturated carbocycles. The summed E-state index contributed by atoms with van der Waals surface area (Å²) in [5, 5.41) is 5.06. The van der Waals surface area contributed by atoms with Crippen molar-refractivity contribution >= 4 is 34.7 Å². The van der Waals surface area contributed by atoms with E-state index in [2.05, 4.69) is 33.6 Å². The van der Waals surface area contributed by atoms with Gasteiger partial charge in [-0.2, -0.15) is 4.99 Å². The number of nitrogens with zero attached hydrogens (tertiary/aromatic N) is 1. The maximum atomic E-state index is 12.1. The lowest BCUT2D eigenvalue weighted by molar-refractivity contribution is 0.102. The topological polar surface area (TPSA) is 41.5 Å². The molecule has 1 amide bonds. The van der Waals surface area contributed by atoms with Crippen LogP contribution in [0, 0.1) is 12.3 Å². The fourth-order valence-electron chi connectivity index (χ4n) is 1.63. The standard InChI is InChI=1S/C16H10N2OS/c1-2-12-4-3-5-15(10-12)18-16(19)13-6-8-14(9-7-13)17-11-20/h1,3-10H,(H,18,19). The van der Waals surface area contributed by atoms with Crippen LogP contribution in [0.5, 0.6) is 0 Å². The third kappa shape index (κ3) is 3.39. The monoisotopic (exact) mass is 278 g/mol. The highest BCUT2D eigenvalue weighted by Crippen LogP contribution is 2.15. The van der Waals surface area contributed by atoms with Crippen molar-refractivity contribution in [1.82, 2.24) is 0 Å². The average Bonchev–Trinajstić information content (AvgIpc) is 2.48. The first-order chi connectivity index (χ1) is 9.72. The fourth-order valence-corrected chi connectivity index (χ4v) is 1.74.